The number of hydrogen-bond acceptors (Lipinski definition) is 3. The van der Waals surface area contributed by atoms with Crippen LogP contribution in [0, 0.1) is 24.7 Å². The molecule has 2 saturated carbocycles. The second-order valence-electron chi connectivity index (χ2n) is 6.22. The van der Waals surface area contributed by atoms with Crippen molar-refractivity contribution in [2.45, 2.75) is 51.5 Å². The Bertz CT molecular complexity index is 401. The molecular weight excluding hydrogens is 240 g/mol. The highest BCUT2D eigenvalue weighted by Crippen LogP contribution is 2.49. The zero-order valence-electron chi connectivity index (χ0n) is 11.5. The molecule has 0 spiro atoms. The second kappa shape index (κ2) is 5.30. The SMILES string of the molecule is CNC(Cc1csc(C)n1)CC1CC2CCC1C2. The Morgan fingerprint density at radius 2 is 2.33 bits per heavy atom. The van der Waals surface area contributed by atoms with Gasteiger partial charge in [-0.3, -0.25) is 0 Å². The van der Waals surface area contributed by atoms with Crippen LogP contribution >= 0.6 is 11.3 Å². The van der Waals surface area contributed by atoms with Crippen molar-refractivity contribution in [3.63, 3.8) is 0 Å². The molecule has 2 fully saturated rings. The lowest BCUT2D eigenvalue weighted by Gasteiger charge is -2.26. The van der Waals surface area contributed by atoms with Crippen LogP contribution in [0.4, 0.5) is 0 Å². The van der Waals surface area contributed by atoms with Gasteiger partial charge in [0.15, 0.2) is 0 Å². The van der Waals surface area contributed by atoms with Crippen molar-refractivity contribution >= 4 is 11.3 Å². The van der Waals surface area contributed by atoms with Gasteiger partial charge in [0.25, 0.3) is 0 Å². The van der Waals surface area contributed by atoms with E-state index < -0.39 is 0 Å². The Morgan fingerprint density at radius 1 is 1.44 bits per heavy atom. The summed E-state index contributed by atoms with van der Waals surface area (Å²) in [5.74, 6) is 3.10. The van der Waals surface area contributed by atoms with Crippen LogP contribution < -0.4 is 5.32 Å². The zero-order valence-corrected chi connectivity index (χ0v) is 12.3. The Labute approximate surface area is 114 Å². The fourth-order valence-corrected chi connectivity index (χ4v) is 4.71. The zero-order chi connectivity index (χ0) is 12.5. The topological polar surface area (TPSA) is 24.9 Å². The van der Waals surface area contributed by atoms with Gasteiger partial charge in [-0.25, -0.2) is 4.98 Å². The van der Waals surface area contributed by atoms with Crippen molar-refractivity contribution in [3.05, 3.63) is 16.1 Å². The Hall–Kier alpha value is -0.410. The maximum absolute atomic E-state index is 4.60. The molecule has 1 aromatic rings. The van der Waals surface area contributed by atoms with Gasteiger partial charge in [0, 0.05) is 17.8 Å². The van der Waals surface area contributed by atoms with Crippen molar-refractivity contribution in [1.29, 1.82) is 0 Å². The monoisotopic (exact) mass is 264 g/mol. The van der Waals surface area contributed by atoms with E-state index in [1.54, 1.807) is 11.3 Å². The maximum Gasteiger partial charge on any atom is 0.0897 e. The van der Waals surface area contributed by atoms with E-state index in [1.807, 2.05) is 0 Å². The predicted molar refractivity (Wildman–Crippen MR) is 77.0 cm³/mol. The molecule has 4 unspecified atom stereocenters. The van der Waals surface area contributed by atoms with E-state index >= 15 is 0 Å². The third kappa shape index (κ3) is 2.62. The quantitative estimate of drug-likeness (QED) is 0.881. The highest BCUT2D eigenvalue weighted by molar-refractivity contribution is 7.09. The molecule has 2 aliphatic carbocycles. The molecule has 3 heteroatoms. The summed E-state index contributed by atoms with van der Waals surface area (Å²) < 4.78 is 0. The van der Waals surface area contributed by atoms with Gasteiger partial charge in [-0.05, 0) is 57.4 Å². The molecular formula is C15H24N2S. The molecule has 0 aromatic carbocycles. The normalized spacial score (nSPS) is 32.0. The second-order valence-corrected chi connectivity index (χ2v) is 7.28. The van der Waals surface area contributed by atoms with Crippen LogP contribution in [0.3, 0.4) is 0 Å². The highest BCUT2D eigenvalue weighted by atomic mass is 32.1. The number of nitrogens with one attached hydrogen (secondary N) is 1. The summed E-state index contributed by atoms with van der Waals surface area (Å²) in [7, 11) is 2.11. The number of hydrogen-bond donors (Lipinski definition) is 1. The fourth-order valence-electron chi connectivity index (χ4n) is 4.09. The number of rotatable bonds is 5. The summed E-state index contributed by atoms with van der Waals surface area (Å²) in [5, 5.41) is 6.93. The number of fused-ring (bicyclic) bond motifs is 2. The van der Waals surface area contributed by atoms with E-state index in [-0.39, 0.29) is 0 Å². The molecule has 0 aliphatic heterocycles. The summed E-state index contributed by atoms with van der Waals surface area (Å²) in [6.45, 7) is 2.10. The molecule has 2 bridgehead atoms. The lowest BCUT2D eigenvalue weighted by molar-refractivity contribution is 0.281. The largest absolute Gasteiger partial charge is 0.317 e. The molecule has 0 amide bonds. The first-order valence-electron chi connectivity index (χ1n) is 7.33. The summed E-state index contributed by atoms with van der Waals surface area (Å²) in [6.07, 6.45) is 8.50. The third-order valence-electron chi connectivity index (χ3n) is 5.00. The number of thiazole rings is 1. The van der Waals surface area contributed by atoms with Crippen LogP contribution in [0.2, 0.25) is 0 Å². The highest BCUT2D eigenvalue weighted by Gasteiger charge is 2.39. The van der Waals surface area contributed by atoms with Gasteiger partial charge < -0.3 is 5.32 Å². The molecule has 3 rings (SSSR count). The first-order valence-corrected chi connectivity index (χ1v) is 8.21. The number of likely N-dealkylation sites (N-methyl/N-ethyl adjacent to an activating group) is 1. The Balaban J connectivity index is 1.56. The van der Waals surface area contributed by atoms with Gasteiger partial charge in [0.1, 0.15) is 0 Å². The fraction of sp³-hybridized carbons (Fsp3) is 0.800. The van der Waals surface area contributed by atoms with E-state index in [0.717, 1.165) is 24.2 Å². The van der Waals surface area contributed by atoms with Crippen molar-refractivity contribution in [2.24, 2.45) is 17.8 Å². The van der Waals surface area contributed by atoms with Crippen LogP contribution in [0.15, 0.2) is 5.38 Å². The van der Waals surface area contributed by atoms with Crippen LogP contribution in [0.1, 0.15) is 42.8 Å². The van der Waals surface area contributed by atoms with E-state index in [9.17, 15) is 0 Å². The van der Waals surface area contributed by atoms with Gasteiger partial charge in [-0.1, -0.05) is 6.42 Å². The Morgan fingerprint density at radius 3 is 2.89 bits per heavy atom. The number of aromatic nitrogens is 1. The molecule has 100 valence electrons. The van der Waals surface area contributed by atoms with E-state index in [0.29, 0.717) is 6.04 Å². The molecule has 4 atom stereocenters. The van der Waals surface area contributed by atoms with Crippen molar-refractivity contribution < 1.29 is 0 Å². The molecule has 0 saturated heterocycles. The van der Waals surface area contributed by atoms with Crippen LogP contribution in [0.25, 0.3) is 0 Å². The van der Waals surface area contributed by atoms with E-state index in [4.69, 9.17) is 0 Å². The summed E-state index contributed by atoms with van der Waals surface area (Å²) in [6, 6.07) is 0.621. The van der Waals surface area contributed by atoms with Gasteiger partial charge in [0.2, 0.25) is 0 Å². The minimum absolute atomic E-state index is 0.621. The van der Waals surface area contributed by atoms with E-state index in [1.165, 1.54) is 42.8 Å². The molecule has 2 nitrogen and oxygen atoms in total. The maximum atomic E-state index is 4.60. The Kier molecular flexibility index (Phi) is 3.71. The summed E-state index contributed by atoms with van der Waals surface area (Å²) >= 11 is 1.77. The molecule has 0 radical (unpaired) electrons. The number of aryl methyl sites for hydroxylation is 1. The van der Waals surface area contributed by atoms with Gasteiger partial charge in [-0.15, -0.1) is 11.3 Å². The molecule has 1 N–H and O–H groups in total. The van der Waals surface area contributed by atoms with Crippen molar-refractivity contribution in [1.82, 2.24) is 10.3 Å². The molecule has 1 aromatic heterocycles. The van der Waals surface area contributed by atoms with Crippen LogP contribution in [-0.2, 0) is 6.42 Å². The minimum Gasteiger partial charge on any atom is -0.317 e. The standard InChI is InChI=1S/C15H24N2S/c1-10-17-15(9-18-10)8-14(16-2)7-13-6-11-3-4-12(13)5-11/h9,11-14,16H,3-8H2,1-2H3. The van der Waals surface area contributed by atoms with Crippen molar-refractivity contribution in [2.75, 3.05) is 7.05 Å². The number of nitrogens with zero attached hydrogens (tertiary/aromatic N) is 1. The van der Waals surface area contributed by atoms with Gasteiger partial charge >= 0.3 is 0 Å². The molecule has 2 aliphatic rings. The van der Waals surface area contributed by atoms with Crippen molar-refractivity contribution in [3.8, 4) is 0 Å². The predicted octanol–water partition coefficient (Wildman–Crippen LogP) is 3.41. The third-order valence-corrected chi connectivity index (χ3v) is 5.82. The van der Waals surface area contributed by atoms with Crippen LogP contribution in [-0.4, -0.2) is 18.1 Å². The average Bonchev–Trinajstić information content (AvgIpc) is 3.05. The van der Waals surface area contributed by atoms with Crippen LogP contribution in [0.5, 0.6) is 0 Å². The minimum atomic E-state index is 0.621. The lowest BCUT2D eigenvalue weighted by atomic mass is 9.83. The first-order chi connectivity index (χ1) is 8.74. The molecule has 1 heterocycles. The van der Waals surface area contributed by atoms with E-state index in [2.05, 4.69) is 29.7 Å². The van der Waals surface area contributed by atoms with Gasteiger partial charge in [-0.2, -0.15) is 0 Å². The van der Waals surface area contributed by atoms with Gasteiger partial charge in [0.05, 0.1) is 10.7 Å². The first kappa shape index (κ1) is 12.6. The summed E-state index contributed by atoms with van der Waals surface area (Å²) in [5.41, 5.74) is 1.28. The average molecular weight is 264 g/mol. The lowest BCUT2D eigenvalue weighted by Crippen LogP contribution is -2.31. The summed E-state index contributed by atoms with van der Waals surface area (Å²) in [4.78, 5) is 4.60. The smallest absolute Gasteiger partial charge is 0.0897 e. The molecule has 18 heavy (non-hydrogen) atoms.